The molecule has 3 nitrogen and oxygen atoms in total. The number of methoxy groups -OCH3 is 1. The minimum Gasteiger partial charge on any atom is -0.496 e. The SMILES string of the molecule is COc1ccc(C2CNCC(C)(C)N2)cc1C. The highest BCUT2D eigenvalue weighted by Gasteiger charge is 2.27. The zero-order chi connectivity index (χ0) is 12.5. The molecule has 1 unspecified atom stereocenters. The molecule has 1 atom stereocenters. The number of nitrogens with one attached hydrogen (secondary N) is 2. The zero-order valence-electron chi connectivity index (χ0n) is 11.1. The van der Waals surface area contributed by atoms with Crippen molar-refractivity contribution in [3.8, 4) is 5.75 Å². The lowest BCUT2D eigenvalue weighted by molar-refractivity contribution is 0.264. The van der Waals surface area contributed by atoms with Crippen LogP contribution in [0.3, 0.4) is 0 Å². The summed E-state index contributed by atoms with van der Waals surface area (Å²) in [4.78, 5) is 0. The highest BCUT2D eigenvalue weighted by molar-refractivity contribution is 5.37. The molecule has 0 radical (unpaired) electrons. The lowest BCUT2D eigenvalue weighted by atomic mass is 9.95. The number of ether oxygens (including phenoxy) is 1. The number of hydrogen-bond acceptors (Lipinski definition) is 3. The Hall–Kier alpha value is -1.06. The first-order valence-electron chi connectivity index (χ1n) is 6.15. The van der Waals surface area contributed by atoms with Gasteiger partial charge in [-0.2, -0.15) is 0 Å². The summed E-state index contributed by atoms with van der Waals surface area (Å²) in [6.45, 7) is 8.53. The minimum absolute atomic E-state index is 0.150. The normalized spacial score (nSPS) is 23.4. The number of hydrogen-bond donors (Lipinski definition) is 2. The molecule has 2 N–H and O–H groups in total. The minimum atomic E-state index is 0.150. The molecule has 0 amide bonds. The Kier molecular flexibility index (Phi) is 3.40. The van der Waals surface area contributed by atoms with Crippen LogP contribution in [0.15, 0.2) is 18.2 Å². The molecule has 1 fully saturated rings. The van der Waals surface area contributed by atoms with Crippen LogP contribution in [0, 0.1) is 6.92 Å². The predicted molar refractivity (Wildman–Crippen MR) is 70.6 cm³/mol. The van der Waals surface area contributed by atoms with Crippen molar-refractivity contribution in [3.05, 3.63) is 29.3 Å². The summed E-state index contributed by atoms with van der Waals surface area (Å²) in [6, 6.07) is 6.78. The van der Waals surface area contributed by atoms with Gasteiger partial charge in [0.05, 0.1) is 7.11 Å². The van der Waals surface area contributed by atoms with Gasteiger partial charge in [-0.3, -0.25) is 0 Å². The molecule has 1 aliphatic rings. The summed E-state index contributed by atoms with van der Waals surface area (Å²) in [5.74, 6) is 0.955. The van der Waals surface area contributed by atoms with Gasteiger partial charge in [-0.05, 0) is 38.0 Å². The molecule has 0 saturated carbocycles. The molecule has 3 heteroatoms. The fourth-order valence-electron chi connectivity index (χ4n) is 2.42. The van der Waals surface area contributed by atoms with E-state index >= 15 is 0 Å². The Balaban J connectivity index is 2.19. The molecule has 0 aromatic heterocycles. The first-order valence-corrected chi connectivity index (χ1v) is 6.15. The second kappa shape index (κ2) is 4.67. The van der Waals surface area contributed by atoms with Crippen LogP contribution in [-0.2, 0) is 0 Å². The molecule has 1 aliphatic heterocycles. The van der Waals surface area contributed by atoms with Crippen LogP contribution in [-0.4, -0.2) is 25.7 Å². The number of rotatable bonds is 2. The quantitative estimate of drug-likeness (QED) is 0.821. The molecule has 0 spiro atoms. The fourth-order valence-corrected chi connectivity index (χ4v) is 2.42. The summed E-state index contributed by atoms with van der Waals surface area (Å²) < 4.78 is 5.29. The molecular weight excluding hydrogens is 212 g/mol. The van der Waals surface area contributed by atoms with E-state index in [1.165, 1.54) is 11.1 Å². The van der Waals surface area contributed by atoms with E-state index in [1.54, 1.807) is 7.11 Å². The third-order valence-electron chi connectivity index (χ3n) is 3.30. The van der Waals surface area contributed by atoms with Crippen molar-refractivity contribution in [1.82, 2.24) is 10.6 Å². The van der Waals surface area contributed by atoms with Crippen molar-refractivity contribution in [2.24, 2.45) is 0 Å². The lowest BCUT2D eigenvalue weighted by Crippen LogP contribution is -2.56. The third kappa shape index (κ3) is 2.79. The van der Waals surface area contributed by atoms with Gasteiger partial charge < -0.3 is 15.4 Å². The molecule has 2 rings (SSSR count). The van der Waals surface area contributed by atoms with Crippen LogP contribution in [0.1, 0.15) is 31.0 Å². The Labute approximate surface area is 104 Å². The maximum absolute atomic E-state index is 5.29. The average molecular weight is 234 g/mol. The van der Waals surface area contributed by atoms with Gasteiger partial charge in [0.2, 0.25) is 0 Å². The Morgan fingerprint density at radius 2 is 2.12 bits per heavy atom. The monoisotopic (exact) mass is 234 g/mol. The molecular formula is C14H22N2O. The van der Waals surface area contributed by atoms with E-state index in [0.29, 0.717) is 6.04 Å². The van der Waals surface area contributed by atoms with Crippen molar-refractivity contribution in [2.75, 3.05) is 20.2 Å². The number of benzene rings is 1. The van der Waals surface area contributed by atoms with Crippen molar-refractivity contribution in [3.63, 3.8) is 0 Å². The molecule has 17 heavy (non-hydrogen) atoms. The van der Waals surface area contributed by atoms with Gasteiger partial charge in [-0.25, -0.2) is 0 Å². The predicted octanol–water partition coefficient (Wildman–Crippen LogP) is 2.02. The van der Waals surface area contributed by atoms with Gasteiger partial charge in [0.1, 0.15) is 5.75 Å². The van der Waals surface area contributed by atoms with Gasteiger partial charge in [-0.1, -0.05) is 12.1 Å². The van der Waals surface area contributed by atoms with E-state index in [4.69, 9.17) is 4.74 Å². The average Bonchev–Trinajstić information content (AvgIpc) is 2.27. The lowest BCUT2D eigenvalue weighted by Gasteiger charge is -2.38. The van der Waals surface area contributed by atoms with Crippen LogP contribution in [0.25, 0.3) is 0 Å². The Bertz CT molecular complexity index is 401. The van der Waals surface area contributed by atoms with Crippen LogP contribution in [0.2, 0.25) is 0 Å². The van der Waals surface area contributed by atoms with E-state index in [0.717, 1.165) is 18.8 Å². The first kappa shape index (κ1) is 12.4. The number of aryl methyl sites for hydroxylation is 1. The first-order chi connectivity index (χ1) is 8.02. The second-order valence-corrected chi connectivity index (χ2v) is 5.44. The van der Waals surface area contributed by atoms with E-state index in [-0.39, 0.29) is 5.54 Å². The fraction of sp³-hybridized carbons (Fsp3) is 0.571. The van der Waals surface area contributed by atoms with Crippen molar-refractivity contribution in [1.29, 1.82) is 0 Å². The molecule has 0 aliphatic carbocycles. The summed E-state index contributed by atoms with van der Waals surface area (Å²) in [6.07, 6.45) is 0. The molecule has 1 aromatic rings. The number of piperazine rings is 1. The Morgan fingerprint density at radius 1 is 1.35 bits per heavy atom. The molecule has 1 aromatic carbocycles. The van der Waals surface area contributed by atoms with E-state index < -0.39 is 0 Å². The van der Waals surface area contributed by atoms with Crippen molar-refractivity contribution in [2.45, 2.75) is 32.4 Å². The maximum atomic E-state index is 5.29. The highest BCUT2D eigenvalue weighted by Crippen LogP contribution is 2.25. The van der Waals surface area contributed by atoms with Gasteiger partial charge in [0.15, 0.2) is 0 Å². The third-order valence-corrected chi connectivity index (χ3v) is 3.30. The molecule has 0 bridgehead atoms. The van der Waals surface area contributed by atoms with Crippen LogP contribution in [0.5, 0.6) is 5.75 Å². The van der Waals surface area contributed by atoms with E-state index in [2.05, 4.69) is 43.5 Å². The van der Waals surface area contributed by atoms with Crippen molar-refractivity contribution < 1.29 is 4.74 Å². The molecule has 1 heterocycles. The summed E-state index contributed by atoms with van der Waals surface area (Å²) >= 11 is 0. The standard InChI is InChI=1S/C14H22N2O/c1-10-7-11(5-6-13(10)17-4)12-8-15-9-14(2,3)16-12/h5-7,12,15-16H,8-9H2,1-4H3. The maximum Gasteiger partial charge on any atom is 0.121 e. The summed E-state index contributed by atoms with van der Waals surface area (Å²) in [5.41, 5.74) is 2.66. The van der Waals surface area contributed by atoms with Crippen LogP contribution in [0.4, 0.5) is 0 Å². The van der Waals surface area contributed by atoms with Gasteiger partial charge in [0, 0.05) is 24.7 Å². The molecule has 1 saturated heterocycles. The van der Waals surface area contributed by atoms with E-state index in [9.17, 15) is 0 Å². The summed E-state index contributed by atoms with van der Waals surface area (Å²) in [7, 11) is 1.71. The zero-order valence-corrected chi connectivity index (χ0v) is 11.1. The van der Waals surface area contributed by atoms with E-state index in [1.807, 2.05) is 6.07 Å². The van der Waals surface area contributed by atoms with Gasteiger partial charge in [-0.15, -0.1) is 0 Å². The van der Waals surface area contributed by atoms with Crippen LogP contribution < -0.4 is 15.4 Å². The van der Waals surface area contributed by atoms with Crippen molar-refractivity contribution >= 4 is 0 Å². The topological polar surface area (TPSA) is 33.3 Å². The summed E-state index contributed by atoms with van der Waals surface area (Å²) in [5, 5.41) is 7.15. The van der Waals surface area contributed by atoms with Crippen LogP contribution >= 0.6 is 0 Å². The Morgan fingerprint density at radius 3 is 2.71 bits per heavy atom. The van der Waals surface area contributed by atoms with Gasteiger partial charge in [0.25, 0.3) is 0 Å². The smallest absolute Gasteiger partial charge is 0.121 e. The molecule has 94 valence electrons. The van der Waals surface area contributed by atoms with Gasteiger partial charge >= 0.3 is 0 Å². The second-order valence-electron chi connectivity index (χ2n) is 5.44. The highest BCUT2D eigenvalue weighted by atomic mass is 16.5. The largest absolute Gasteiger partial charge is 0.496 e.